The molecule has 0 aliphatic rings. The highest BCUT2D eigenvalue weighted by Gasteiger charge is 2.33. The fraction of sp³-hybridized carbons (Fsp3) is 0.235. The Kier molecular flexibility index (Phi) is 7.89. The number of nitrogens with zero attached hydrogens (tertiary/aromatic N) is 2. The summed E-state index contributed by atoms with van der Waals surface area (Å²) in [4.78, 5) is 42.9. The van der Waals surface area contributed by atoms with Crippen molar-refractivity contribution in [3.63, 3.8) is 0 Å². The van der Waals surface area contributed by atoms with Crippen LogP contribution in [0.5, 0.6) is 5.75 Å². The number of Topliss-reactive ketones (excluding diaryl/α,β-unsaturated/α-hetero) is 2. The lowest BCUT2D eigenvalue weighted by molar-refractivity contribution is -0.146. The molecule has 1 N–H and O–H groups in total. The SMILES string of the molecule is CC(=O)c1cc2c(cc1OCc1ccc3ccccc3n1)c(C(C)=O)c(CC(C)(C)C(=O)O)n2Cc1ccc(Cl)cc1. The van der Waals surface area contributed by atoms with Crippen molar-refractivity contribution >= 4 is 50.9 Å². The fourth-order valence-corrected chi connectivity index (χ4v) is 5.31. The number of ether oxygens (including phenoxy) is 1. The molecule has 5 aromatic rings. The standard InChI is InChI=1S/C34H31ClN2O5/c1-20(38)26-15-29-27(16-31(26)42-19-25-14-11-23-7-5-6-8-28(23)36-25)32(21(2)39)30(17-34(3,4)33(40)41)37(29)18-22-9-12-24(35)13-10-22/h5-16H,17-19H2,1-4H3,(H,40,41). The van der Waals surface area contributed by atoms with Crippen molar-refractivity contribution in [3.8, 4) is 5.75 Å². The van der Waals surface area contributed by atoms with Crippen molar-refractivity contribution in [2.45, 2.75) is 47.3 Å². The summed E-state index contributed by atoms with van der Waals surface area (Å²) in [6, 6.07) is 22.4. The molecule has 0 aliphatic carbocycles. The Morgan fingerprint density at radius 3 is 2.33 bits per heavy atom. The normalized spacial score (nSPS) is 11.6. The quantitative estimate of drug-likeness (QED) is 0.171. The van der Waals surface area contributed by atoms with Crippen LogP contribution in [0.2, 0.25) is 5.02 Å². The van der Waals surface area contributed by atoms with Gasteiger partial charge in [-0.25, -0.2) is 4.98 Å². The number of aromatic nitrogens is 2. The van der Waals surface area contributed by atoms with Gasteiger partial charge in [-0.3, -0.25) is 14.4 Å². The van der Waals surface area contributed by atoms with E-state index in [9.17, 15) is 19.5 Å². The highest BCUT2D eigenvalue weighted by atomic mass is 35.5. The molecule has 42 heavy (non-hydrogen) atoms. The zero-order valence-electron chi connectivity index (χ0n) is 23.9. The monoisotopic (exact) mass is 582 g/mol. The van der Waals surface area contributed by atoms with E-state index in [4.69, 9.17) is 16.3 Å². The van der Waals surface area contributed by atoms with Gasteiger partial charge >= 0.3 is 5.97 Å². The minimum absolute atomic E-state index is 0.103. The van der Waals surface area contributed by atoms with E-state index in [-0.39, 0.29) is 24.6 Å². The molecule has 0 unspecified atom stereocenters. The van der Waals surface area contributed by atoms with E-state index >= 15 is 0 Å². The topological polar surface area (TPSA) is 98.5 Å². The summed E-state index contributed by atoms with van der Waals surface area (Å²) in [7, 11) is 0. The van der Waals surface area contributed by atoms with Crippen molar-refractivity contribution in [2.75, 3.05) is 0 Å². The van der Waals surface area contributed by atoms with Gasteiger partial charge in [0.2, 0.25) is 0 Å². The van der Waals surface area contributed by atoms with Crippen LogP contribution in [0.1, 0.15) is 65.4 Å². The number of carboxylic acid groups (broad SMARTS) is 1. The van der Waals surface area contributed by atoms with Crippen LogP contribution >= 0.6 is 11.6 Å². The second kappa shape index (κ2) is 11.4. The van der Waals surface area contributed by atoms with Crippen LogP contribution in [0.4, 0.5) is 0 Å². The lowest BCUT2D eigenvalue weighted by Gasteiger charge is -2.22. The van der Waals surface area contributed by atoms with Crippen LogP contribution in [0.25, 0.3) is 21.8 Å². The molecule has 2 heterocycles. The van der Waals surface area contributed by atoms with Crippen molar-refractivity contribution in [2.24, 2.45) is 5.41 Å². The number of aliphatic carboxylic acids is 1. The molecule has 0 saturated heterocycles. The maximum atomic E-state index is 13.2. The van der Waals surface area contributed by atoms with E-state index in [1.54, 1.807) is 38.1 Å². The molecule has 214 valence electrons. The molecule has 7 nitrogen and oxygen atoms in total. The van der Waals surface area contributed by atoms with Gasteiger partial charge in [-0.05, 0) is 69.7 Å². The molecule has 5 rings (SSSR count). The first-order valence-corrected chi connectivity index (χ1v) is 14.0. The summed E-state index contributed by atoms with van der Waals surface area (Å²) < 4.78 is 8.11. The summed E-state index contributed by atoms with van der Waals surface area (Å²) in [5.41, 5.74) is 3.29. The molecule has 3 aromatic carbocycles. The predicted octanol–water partition coefficient (Wildman–Crippen LogP) is 7.53. The van der Waals surface area contributed by atoms with Crippen LogP contribution in [-0.4, -0.2) is 32.2 Å². The Balaban J connectivity index is 1.66. The molecule has 0 fully saturated rings. The highest BCUT2D eigenvalue weighted by Crippen LogP contribution is 2.37. The molecule has 8 heteroatoms. The average Bonchev–Trinajstić information content (AvgIpc) is 3.23. The molecule has 0 aliphatic heterocycles. The first-order chi connectivity index (χ1) is 19.9. The highest BCUT2D eigenvalue weighted by molar-refractivity contribution is 6.30. The molecule has 2 aromatic heterocycles. The molecule has 0 bridgehead atoms. The largest absolute Gasteiger partial charge is 0.487 e. The molecule has 0 atom stereocenters. The Labute approximate surface area is 248 Å². The molecule has 0 spiro atoms. The van der Waals surface area contributed by atoms with E-state index in [0.717, 1.165) is 16.5 Å². The molecule has 0 amide bonds. The van der Waals surface area contributed by atoms with Crippen LogP contribution in [0, 0.1) is 5.41 Å². The van der Waals surface area contributed by atoms with Crippen LogP contribution < -0.4 is 4.74 Å². The van der Waals surface area contributed by atoms with Crippen molar-refractivity contribution in [3.05, 3.63) is 106 Å². The number of ketones is 2. The van der Waals surface area contributed by atoms with Gasteiger partial charge in [0.05, 0.1) is 27.7 Å². The summed E-state index contributed by atoms with van der Waals surface area (Å²) in [5.74, 6) is -1.05. The first-order valence-electron chi connectivity index (χ1n) is 13.6. The average molecular weight is 583 g/mol. The van der Waals surface area contributed by atoms with Crippen molar-refractivity contribution in [1.29, 1.82) is 0 Å². The minimum atomic E-state index is -1.15. The lowest BCUT2D eigenvalue weighted by atomic mass is 9.86. The first kappa shape index (κ1) is 29.0. The second-order valence-electron chi connectivity index (χ2n) is 11.2. The van der Waals surface area contributed by atoms with Crippen LogP contribution in [0.3, 0.4) is 0 Å². The van der Waals surface area contributed by atoms with E-state index in [0.29, 0.717) is 50.7 Å². The number of fused-ring (bicyclic) bond motifs is 2. The number of pyridine rings is 1. The summed E-state index contributed by atoms with van der Waals surface area (Å²) in [5, 5.41) is 12.1. The van der Waals surface area contributed by atoms with Crippen molar-refractivity contribution < 1.29 is 24.2 Å². The van der Waals surface area contributed by atoms with Crippen molar-refractivity contribution in [1.82, 2.24) is 9.55 Å². The Morgan fingerprint density at radius 2 is 1.67 bits per heavy atom. The molecule has 0 radical (unpaired) electrons. The third kappa shape index (κ3) is 5.78. The molecule has 0 saturated carbocycles. The summed E-state index contributed by atoms with van der Waals surface area (Å²) in [6.07, 6.45) is 0.103. The second-order valence-corrected chi connectivity index (χ2v) is 11.6. The third-order valence-electron chi connectivity index (χ3n) is 7.48. The Bertz CT molecular complexity index is 1850. The maximum absolute atomic E-state index is 13.2. The number of benzene rings is 3. The summed E-state index contributed by atoms with van der Waals surface area (Å²) in [6.45, 7) is 6.68. The van der Waals surface area contributed by atoms with E-state index in [2.05, 4.69) is 4.98 Å². The van der Waals surface area contributed by atoms with Gasteiger partial charge in [-0.2, -0.15) is 0 Å². The number of halogens is 1. The van der Waals surface area contributed by atoms with E-state index in [1.807, 2.05) is 53.1 Å². The lowest BCUT2D eigenvalue weighted by Crippen LogP contribution is -2.28. The predicted molar refractivity (Wildman–Crippen MR) is 164 cm³/mol. The van der Waals surface area contributed by atoms with Gasteiger partial charge in [0.1, 0.15) is 12.4 Å². The van der Waals surface area contributed by atoms with Crippen LogP contribution in [0.15, 0.2) is 72.8 Å². The minimum Gasteiger partial charge on any atom is -0.487 e. The zero-order chi connectivity index (χ0) is 30.2. The number of hydrogen-bond acceptors (Lipinski definition) is 5. The number of hydrogen-bond donors (Lipinski definition) is 1. The number of carboxylic acids is 1. The van der Waals surface area contributed by atoms with Gasteiger partial charge in [0.15, 0.2) is 11.6 Å². The number of carbonyl (C=O) groups is 3. The van der Waals surface area contributed by atoms with Gasteiger partial charge in [0.25, 0.3) is 0 Å². The van der Waals surface area contributed by atoms with Crippen LogP contribution in [-0.2, 0) is 24.4 Å². The van der Waals surface area contributed by atoms with E-state index < -0.39 is 11.4 Å². The molecular weight excluding hydrogens is 552 g/mol. The Hall–Kier alpha value is -4.49. The van der Waals surface area contributed by atoms with Gasteiger partial charge in [-0.15, -0.1) is 0 Å². The summed E-state index contributed by atoms with van der Waals surface area (Å²) >= 11 is 6.11. The van der Waals surface area contributed by atoms with E-state index in [1.165, 1.54) is 13.8 Å². The Morgan fingerprint density at radius 1 is 0.952 bits per heavy atom. The van der Waals surface area contributed by atoms with Gasteiger partial charge in [0, 0.05) is 40.0 Å². The maximum Gasteiger partial charge on any atom is 0.309 e. The zero-order valence-corrected chi connectivity index (χ0v) is 24.7. The fourth-order valence-electron chi connectivity index (χ4n) is 5.19. The number of para-hydroxylation sites is 1. The van der Waals surface area contributed by atoms with Gasteiger partial charge in [-0.1, -0.05) is 48.0 Å². The third-order valence-corrected chi connectivity index (χ3v) is 7.73. The smallest absolute Gasteiger partial charge is 0.309 e. The van der Waals surface area contributed by atoms with Gasteiger partial charge < -0.3 is 14.4 Å². The number of rotatable bonds is 10. The molecular formula is C34H31ClN2O5. The number of carbonyl (C=O) groups excluding carboxylic acids is 2.